The topological polar surface area (TPSA) is 54.2 Å². The molecule has 1 saturated carbocycles. The number of anilines is 1. The summed E-state index contributed by atoms with van der Waals surface area (Å²) >= 11 is 0. The highest BCUT2D eigenvalue weighted by atomic mass is 16.4. The van der Waals surface area contributed by atoms with Crippen LogP contribution in [-0.4, -0.2) is 29.3 Å². The molecule has 1 atom stereocenters. The number of nitrogens with one attached hydrogen (secondary N) is 1. The molecule has 0 bridgehead atoms. The molecule has 2 fully saturated rings. The molecule has 1 aromatic rings. The molecule has 21 heavy (non-hydrogen) atoms. The molecule has 118 valence electrons. The van der Waals surface area contributed by atoms with Crippen molar-refractivity contribution >= 4 is 6.01 Å². The zero-order valence-electron chi connectivity index (χ0n) is 13.3. The highest BCUT2D eigenvalue weighted by molar-refractivity contribution is 5.29. The van der Waals surface area contributed by atoms with Crippen molar-refractivity contribution < 1.29 is 4.42 Å². The van der Waals surface area contributed by atoms with Crippen LogP contribution >= 0.6 is 0 Å². The van der Waals surface area contributed by atoms with Crippen molar-refractivity contribution in [2.45, 2.75) is 65.0 Å². The molecule has 5 heteroatoms. The summed E-state index contributed by atoms with van der Waals surface area (Å²) in [6.07, 6.45) is 8.07. The molecule has 0 radical (unpaired) electrons. The van der Waals surface area contributed by atoms with Crippen LogP contribution in [0.3, 0.4) is 0 Å². The fourth-order valence-electron chi connectivity index (χ4n) is 3.76. The normalized spacial score (nSPS) is 23.6. The lowest BCUT2D eigenvalue weighted by Gasteiger charge is -2.27. The highest BCUT2D eigenvalue weighted by Crippen LogP contribution is 2.37. The van der Waals surface area contributed by atoms with E-state index in [9.17, 15) is 0 Å². The maximum atomic E-state index is 5.88. The predicted molar refractivity (Wildman–Crippen MR) is 83.2 cm³/mol. The van der Waals surface area contributed by atoms with E-state index in [2.05, 4.69) is 34.3 Å². The van der Waals surface area contributed by atoms with Gasteiger partial charge in [0.15, 0.2) is 0 Å². The van der Waals surface area contributed by atoms with Crippen molar-refractivity contribution in [1.29, 1.82) is 0 Å². The van der Waals surface area contributed by atoms with Gasteiger partial charge in [-0.05, 0) is 44.1 Å². The van der Waals surface area contributed by atoms with Gasteiger partial charge in [-0.3, -0.25) is 0 Å². The quantitative estimate of drug-likeness (QED) is 0.873. The van der Waals surface area contributed by atoms with Crippen molar-refractivity contribution in [2.24, 2.45) is 11.8 Å². The van der Waals surface area contributed by atoms with E-state index in [0.717, 1.165) is 25.0 Å². The fraction of sp³-hybridized carbons (Fsp3) is 0.875. The Morgan fingerprint density at radius 2 is 2.00 bits per heavy atom. The molecule has 0 amide bonds. The molecule has 1 aliphatic carbocycles. The third-order valence-corrected chi connectivity index (χ3v) is 4.77. The van der Waals surface area contributed by atoms with Gasteiger partial charge in [0, 0.05) is 12.6 Å². The molecule has 1 saturated heterocycles. The van der Waals surface area contributed by atoms with Crippen LogP contribution in [0.5, 0.6) is 0 Å². The maximum Gasteiger partial charge on any atom is 0.318 e. The number of hydrogen-bond acceptors (Lipinski definition) is 5. The number of hydrogen-bond donors (Lipinski definition) is 1. The summed E-state index contributed by atoms with van der Waals surface area (Å²) in [5.41, 5.74) is 0. The van der Waals surface area contributed by atoms with Gasteiger partial charge in [-0.25, -0.2) is 0 Å². The lowest BCUT2D eigenvalue weighted by atomic mass is 9.96. The first-order valence-corrected chi connectivity index (χ1v) is 8.54. The number of aromatic nitrogens is 2. The number of rotatable bonds is 6. The first kappa shape index (κ1) is 14.8. The van der Waals surface area contributed by atoms with Crippen LogP contribution in [0.25, 0.3) is 0 Å². The Bertz CT molecular complexity index is 439. The van der Waals surface area contributed by atoms with Crippen LogP contribution in [0.2, 0.25) is 0 Å². The van der Waals surface area contributed by atoms with Gasteiger partial charge in [0.2, 0.25) is 5.89 Å². The number of nitrogens with zero attached hydrogens (tertiary/aromatic N) is 3. The largest absolute Gasteiger partial charge is 0.407 e. The summed E-state index contributed by atoms with van der Waals surface area (Å²) in [5, 5.41) is 11.8. The Labute approximate surface area is 127 Å². The van der Waals surface area contributed by atoms with E-state index in [1.165, 1.54) is 38.5 Å². The van der Waals surface area contributed by atoms with Crippen LogP contribution in [0.4, 0.5) is 6.01 Å². The van der Waals surface area contributed by atoms with E-state index in [4.69, 9.17) is 4.42 Å². The van der Waals surface area contributed by atoms with E-state index in [-0.39, 0.29) is 0 Å². The monoisotopic (exact) mass is 292 g/mol. The molecule has 0 spiro atoms. The second-order valence-corrected chi connectivity index (χ2v) is 6.95. The summed E-state index contributed by atoms with van der Waals surface area (Å²) in [6, 6.07) is 1.37. The van der Waals surface area contributed by atoms with Crippen LogP contribution < -0.4 is 10.2 Å². The van der Waals surface area contributed by atoms with Gasteiger partial charge in [-0.1, -0.05) is 31.8 Å². The van der Waals surface area contributed by atoms with Crippen molar-refractivity contribution in [3.63, 3.8) is 0 Å². The highest BCUT2D eigenvalue weighted by Gasteiger charge is 2.35. The van der Waals surface area contributed by atoms with Gasteiger partial charge >= 0.3 is 6.01 Å². The smallest absolute Gasteiger partial charge is 0.318 e. The first-order chi connectivity index (χ1) is 10.2. The molecule has 0 aromatic carbocycles. The minimum atomic E-state index is 0.629. The van der Waals surface area contributed by atoms with E-state index >= 15 is 0 Å². The third-order valence-electron chi connectivity index (χ3n) is 4.77. The van der Waals surface area contributed by atoms with Crippen LogP contribution in [-0.2, 0) is 6.54 Å². The van der Waals surface area contributed by atoms with Crippen LogP contribution in [0, 0.1) is 11.8 Å². The minimum Gasteiger partial charge on any atom is -0.407 e. The Morgan fingerprint density at radius 1 is 1.19 bits per heavy atom. The molecule has 2 aliphatic rings. The second kappa shape index (κ2) is 6.77. The van der Waals surface area contributed by atoms with Crippen molar-refractivity contribution in [1.82, 2.24) is 15.5 Å². The molecule has 2 heterocycles. The molecule has 3 rings (SSSR count). The van der Waals surface area contributed by atoms with Gasteiger partial charge in [-0.15, -0.1) is 5.10 Å². The lowest BCUT2D eigenvalue weighted by Crippen LogP contribution is -2.34. The SMILES string of the molecule is CC(C)CNCc1nnc(N2CCCC2C2CCCC2)o1. The summed E-state index contributed by atoms with van der Waals surface area (Å²) in [6.45, 7) is 7.12. The Balaban J connectivity index is 1.59. The van der Waals surface area contributed by atoms with Crippen molar-refractivity contribution in [3.05, 3.63) is 5.89 Å². The Kier molecular flexibility index (Phi) is 4.78. The van der Waals surface area contributed by atoms with Crippen molar-refractivity contribution in [2.75, 3.05) is 18.0 Å². The summed E-state index contributed by atoms with van der Waals surface area (Å²) in [4.78, 5) is 2.37. The fourth-order valence-corrected chi connectivity index (χ4v) is 3.76. The molecule has 1 aliphatic heterocycles. The average molecular weight is 292 g/mol. The molecule has 5 nitrogen and oxygen atoms in total. The standard InChI is InChI=1S/C16H28N4O/c1-12(2)10-17-11-15-18-19-16(21-15)20-9-5-8-14(20)13-6-3-4-7-13/h12-14,17H,3-11H2,1-2H3. The summed E-state index contributed by atoms with van der Waals surface area (Å²) < 4.78 is 5.88. The van der Waals surface area contributed by atoms with Gasteiger partial charge < -0.3 is 14.6 Å². The van der Waals surface area contributed by atoms with Gasteiger partial charge in [0.1, 0.15) is 0 Å². The van der Waals surface area contributed by atoms with Crippen LogP contribution in [0.1, 0.15) is 58.3 Å². The van der Waals surface area contributed by atoms with E-state index in [1.54, 1.807) is 0 Å². The third kappa shape index (κ3) is 3.57. The molecule has 1 unspecified atom stereocenters. The van der Waals surface area contributed by atoms with E-state index in [0.29, 0.717) is 24.4 Å². The van der Waals surface area contributed by atoms with E-state index in [1.807, 2.05) is 0 Å². The molecular formula is C16H28N4O. The van der Waals surface area contributed by atoms with Crippen molar-refractivity contribution in [3.8, 4) is 0 Å². The van der Waals surface area contributed by atoms with Gasteiger partial charge in [0.25, 0.3) is 0 Å². The van der Waals surface area contributed by atoms with Gasteiger partial charge in [0.05, 0.1) is 6.54 Å². The maximum absolute atomic E-state index is 5.88. The Morgan fingerprint density at radius 3 is 2.76 bits per heavy atom. The van der Waals surface area contributed by atoms with Crippen LogP contribution in [0.15, 0.2) is 4.42 Å². The second-order valence-electron chi connectivity index (χ2n) is 6.95. The summed E-state index contributed by atoms with van der Waals surface area (Å²) in [7, 11) is 0. The Hall–Kier alpha value is -1.10. The minimum absolute atomic E-state index is 0.629. The average Bonchev–Trinajstić information content (AvgIpc) is 3.19. The first-order valence-electron chi connectivity index (χ1n) is 8.54. The summed E-state index contributed by atoms with van der Waals surface area (Å²) in [5.74, 6) is 2.18. The van der Waals surface area contributed by atoms with Gasteiger partial charge in [-0.2, -0.15) is 0 Å². The molecule has 1 N–H and O–H groups in total. The van der Waals surface area contributed by atoms with E-state index < -0.39 is 0 Å². The molecular weight excluding hydrogens is 264 g/mol. The zero-order valence-corrected chi connectivity index (χ0v) is 13.3. The lowest BCUT2D eigenvalue weighted by molar-refractivity contribution is 0.397. The zero-order chi connectivity index (χ0) is 14.7. The molecule has 1 aromatic heterocycles. The predicted octanol–water partition coefficient (Wildman–Crippen LogP) is 2.97.